The Morgan fingerprint density at radius 3 is 1.40 bits per heavy atom. The topological polar surface area (TPSA) is 46.5 Å². The van der Waals surface area contributed by atoms with Crippen LogP contribution in [0.4, 0.5) is 0 Å². The largest absolute Gasteiger partial charge is 0.483 e. The molecule has 1 heterocycles. The molecule has 0 radical (unpaired) electrons. The summed E-state index contributed by atoms with van der Waals surface area (Å²) in [4.78, 5) is 8.36. The molecule has 1 N–H and O–H groups in total. The molecule has 0 aromatic rings. The van der Waals surface area contributed by atoms with Gasteiger partial charge in [0.2, 0.25) is 0 Å². The third kappa shape index (κ3) is 2.38. The molecule has 1 aliphatic rings. The van der Waals surface area contributed by atoms with Crippen LogP contribution >= 0.6 is 0 Å². The van der Waals surface area contributed by atoms with E-state index in [0.717, 1.165) is 12.8 Å². The van der Waals surface area contributed by atoms with Crippen molar-refractivity contribution in [3.8, 4) is 0 Å². The van der Waals surface area contributed by atoms with Crippen molar-refractivity contribution in [2.24, 2.45) is 10.8 Å². The van der Waals surface area contributed by atoms with Gasteiger partial charge in [-0.3, -0.25) is 4.79 Å². The van der Waals surface area contributed by atoms with E-state index in [4.69, 9.17) is 14.6 Å². The zero-order valence-electron chi connectivity index (χ0n) is 14.7. The van der Waals surface area contributed by atoms with Crippen LogP contribution < -0.4 is 0 Å². The first-order valence-corrected chi connectivity index (χ1v) is 7.89. The number of hydrogen-bond acceptors (Lipinski definition) is 2. The molecule has 0 aromatic carbocycles. The number of ether oxygens (including phenoxy) is 1. The minimum Gasteiger partial charge on any atom is -0.483 e. The van der Waals surface area contributed by atoms with Gasteiger partial charge < -0.3 is 9.84 Å². The van der Waals surface area contributed by atoms with Crippen LogP contribution in [0.1, 0.15) is 81.1 Å². The van der Waals surface area contributed by atoms with Crippen LogP contribution in [0.25, 0.3) is 0 Å². The lowest BCUT2D eigenvalue weighted by Gasteiger charge is -2.49. The predicted octanol–water partition coefficient (Wildman–Crippen LogP) is 4.89. The van der Waals surface area contributed by atoms with E-state index < -0.39 is 0 Å². The molecule has 120 valence electrons. The van der Waals surface area contributed by atoms with E-state index in [-0.39, 0.29) is 28.5 Å². The summed E-state index contributed by atoms with van der Waals surface area (Å²) in [7, 11) is 0. The SMILES string of the molecule is CCC1(CC)OC(C)(C)C(CC)(CC)C1(C)C.O=CO. The van der Waals surface area contributed by atoms with E-state index in [0.29, 0.717) is 0 Å². The molecule has 1 rings (SSSR count). The Morgan fingerprint density at radius 2 is 1.25 bits per heavy atom. The molecule has 0 amide bonds. The van der Waals surface area contributed by atoms with Gasteiger partial charge in [-0.25, -0.2) is 0 Å². The Labute approximate surface area is 125 Å². The third-order valence-corrected chi connectivity index (χ3v) is 6.29. The smallest absolute Gasteiger partial charge is 0.290 e. The predicted molar refractivity (Wildman–Crippen MR) is 84.0 cm³/mol. The molecule has 20 heavy (non-hydrogen) atoms. The van der Waals surface area contributed by atoms with Gasteiger partial charge in [0.1, 0.15) is 0 Å². The summed E-state index contributed by atoms with van der Waals surface area (Å²) < 4.78 is 6.65. The molecule has 1 fully saturated rings. The third-order valence-electron chi connectivity index (χ3n) is 6.29. The van der Waals surface area contributed by atoms with Crippen LogP contribution in [0.3, 0.4) is 0 Å². The second-order valence-corrected chi connectivity index (χ2v) is 6.83. The molecule has 0 aliphatic carbocycles. The Morgan fingerprint density at radius 1 is 0.900 bits per heavy atom. The maximum Gasteiger partial charge on any atom is 0.290 e. The van der Waals surface area contributed by atoms with Gasteiger partial charge in [0.25, 0.3) is 6.47 Å². The summed E-state index contributed by atoms with van der Waals surface area (Å²) >= 11 is 0. The summed E-state index contributed by atoms with van der Waals surface area (Å²) in [5, 5.41) is 6.89. The Hall–Kier alpha value is -0.570. The monoisotopic (exact) mass is 286 g/mol. The van der Waals surface area contributed by atoms with E-state index in [1.54, 1.807) is 0 Å². The zero-order valence-corrected chi connectivity index (χ0v) is 14.7. The van der Waals surface area contributed by atoms with E-state index >= 15 is 0 Å². The Balaban J connectivity index is 0.00000110. The molecule has 3 heteroatoms. The summed E-state index contributed by atoms with van der Waals surface area (Å²) in [5.74, 6) is 0. The molecular weight excluding hydrogens is 252 g/mol. The number of rotatable bonds is 4. The first kappa shape index (κ1) is 19.4. The van der Waals surface area contributed by atoms with Gasteiger partial charge >= 0.3 is 0 Å². The van der Waals surface area contributed by atoms with Crippen molar-refractivity contribution in [3.05, 3.63) is 0 Å². The highest BCUT2D eigenvalue weighted by molar-refractivity contribution is 5.32. The Bertz CT molecular complexity index is 310. The molecule has 0 spiro atoms. The van der Waals surface area contributed by atoms with Crippen LogP contribution in [-0.4, -0.2) is 22.8 Å². The highest BCUT2D eigenvalue weighted by Gasteiger charge is 2.68. The fraction of sp³-hybridized carbons (Fsp3) is 0.941. The molecule has 1 saturated heterocycles. The van der Waals surface area contributed by atoms with Crippen molar-refractivity contribution >= 4 is 6.47 Å². The van der Waals surface area contributed by atoms with Crippen molar-refractivity contribution in [1.29, 1.82) is 0 Å². The molecular formula is C17H34O3. The van der Waals surface area contributed by atoms with Crippen LogP contribution in [-0.2, 0) is 9.53 Å². The van der Waals surface area contributed by atoms with Crippen LogP contribution in [0.2, 0.25) is 0 Å². The molecule has 0 unspecified atom stereocenters. The van der Waals surface area contributed by atoms with Gasteiger partial charge in [-0.05, 0) is 39.5 Å². The molecule has 0 bridgehead atoms. The lowest BCUT2D eigenvalue weighted by atomic mass is 9.52. The van der Waals surface area contributed by atoms with Crippen LogP contribution in [0.5, 0.6) is 0 Å². The summed E-state index contributed by atoms with van der Waals surface area (Å²) in [6.07, 6.45) is 4.62. The lowest BCUT2D eigenvalue weighted by Crippen LogP contribution is -2.50. The normalized spacial score (nSPS) is 24.6. The van der Waals surface area contributed by atoms with Crippen LogP contribution in [0.15, 0.2) is 0 Å². The Kier molecular flexibility index (Phi) is 6.28. The second kappa shape index (κ2) is 6.46. The highest BCUT2D eigenvalue weighted by Crippen LogP contribution is 2.67. The highest BCUT2D eigenvalue weighted by atomic mass is 16.5. The minimum absolute atomic E-state index is 0.0218. The number of carboxylic acid groups (broad SMARTS) is 1. The van der Waals surface area contributed by atoms with E-state index in [1.165, 1.54) is 12.8 Å². The van der Waals surface area contributed by atoms with E-state index in [9.17, 15) is 0 Å². The maximum absolute atomic E-state index is 8.36. The van der Waals surface area contributed by atoms with Crippen molar-refractivity contribution < 1.29 is 14.6 Å². The van der Waals surface area contributed by atoms with Gasteiger partial charge in [-0.2, -0.15) is 0 Å². The van der Waals surface area contributed by atoms with Crippen LogP contribution in [0, 0.1) is 10.8 Å². The van der Waals surface area contributed by atoms with Crippen molar-refractivity contribution in [1.82, 2.24) is 0 Å². The van der Waals surface area contributed by atoms with E-state index in [1.807, 2.05) is 0 Å². The number of carbonyl (C=O) groups is 1. The quantitative estimate of drug-likeness (QED) is 0.749. The zero-order chi connectivity index (χ0) is 16.2. The van der Waals surface area contributed by atoms with Gasteiger partial charge in [0.05, 0.1) is 11.2 Å². The van der Waals surface area contributed by atoms with Gasteiger partial charge in [0.15, 0.2) is 0 Å². The minimum atomic E-state index is -0.250. The first-order chi connectivity index (χ1) is 9.11. The van der Waals surface area contributed by atoms with Gasteiger partial charge in [0, 0.05) is 10.8 Å². The second-order valence-electron chi connectivity index (χ2n) is 6.83. The van der Waals surface area contributed by atoms with E-state index in [2.05, 4.69) is 55.4 Å². The fourth-order valence-corrected chi connectivity index (χ4v) is 5.17. The van der Waals surface area contributed by atoms with Crippen molar-refractivity contribution in [3.63, 3.8) is 0 Å². The summed E-state index contributed by atoms with van der Waals surface area (Å²) in [5.41, 5.74) is 0.539. The first-order valence-electron chi connectivity index (χ1n) is 7.89. The van der Waals surface area contributed by atoms with Crippen molar-refractivity contribution in [2.45, 2.75) is 92.3 Å². The summed E-state index contributed by atoms with van der Waals surface area (Å²) in [6.45, 7) is 18.4. The molecule has 1 aliphatic heterocycles. The number of hydrogen-bond donors (Lipinski definition) is 1. The maximum atomic E-state index is 8.36. The lowest BCUT2D eigenvalue weighted by molar-refractivity contribution is -0.123. The molecule has 3 nitrogen and oxygen atoms in total. The summed E-state index contributed by atoms with van der Waals surface area (Å²) in [6, 6.07) is 0. The van der Waals surface area contributed by atoms with Gasteiger partial charge in [-0.15, -0.1) is 0 Å². The standard InChI is InChI=1S/C16H32O.CH2O2/c1-9-15(10-2)13(5,6)16(11-3,12-4)17-14(15,7)8;2-1-3/h9-12H2,1-8H3;1H,(H,2,3). The fourth-order valence-electron chi connectivity index (χ4n) is 5.17. The molecule has 0 aromatic heterocycles. The average molecular weight is 286 g/mol. The average Bonchev–Trinajstić information content (AvgIpc) is 2.51. The van der Waals surface area contributed by atoms with Gasteiger partial charge in [-0.1, -0.05) is 41.5 Å². The van der Waals surface area contributed by atoms with Crippen molar-refractivity contribution in [2.75, 3.05) is 0 Å². The molecule has 0 atom stereocenters. The molecule has 0 saturated carbocycles.